The Morgan fingerprint density at radius 3 is 2.48 bits per heavy atom. The Bertz CT molecular complexity index is 785. The van der Waals surface area contributed by atoms with Crippen LogP contribution in [0.5, 0.6) is 0 Å². The van der Waals surface area contributed by atoms with Crippen LogP contribution in [0.1, 0.15) is 52.5 Å². The number of aryl methyl sites for hydroxylation is 1. The molecule has 144 valence electrons. The van der Waals surface area contributed by atoms with E-state index in [9.17, 15) is 10.1 Å². The number of carbonyl (C=O) groups excluding carboxylic acids is 1. The van der Waals surface area contributed by atoms with Gasteiger partial charge in [-0.25, -0.2) is 0 Å². The SMILES string of the molecule is CC1(C)CC(N)CC(C)(C)N1/C=C(/C#N)C(=O)N1CCCc2ccccc21. The zero-order valence-electron chi connectivity index (χ0n) is 16.8. The summed E-state index contributed by atoms with van der Waals surface area (Å²) in [5.74, 6) is -0.217. The second-order valence-electron chi connectivity index (χ2n) is 9.01. The van der Waals surface area contributed by atoms with E-state index < -0.39 is 0 Å². The first-order valence-electron chi connectivity index (χ1n) is 9.72. The molecule has 0 radical (unpaired) electrons. The number of anilines is 1. The average molecular weight is 367 g/mol. The first-order valence-corrected chi connectivity index (χ1v) is 9.72. The molecule has 1 aromatic carbocycles. The van der Waals surface area contributed by atoms with Crippen LogP contribution in [0.4, 0.5) is 5.69 Å². The van der Waals surface area contributed by atoms with Crippen molar-refractivity contribution in [2.75, 3.05) is 11.4 Å². The predicted octanol–water partition coefficient (Wildman–Crippen LogP) is 3.35. The average Bonchev–Trinajstić information content (AvgIpc) is 2.59. The fourth-order valence-corrected chi connectivity index (χ4v) is 4.87. The second-order valence-corrected chi connectivity index (χ2v) is 9.01. The van der Waals surface area contributed by atoms with E-state index >= 15 is 0 Å². The number of likely N-dealkylation sites (tertiary alicyclic amines) is 1. The summed E-state index contributed by atoms with van der Waals surface area (Å²) in [6.07, 6.45) is 5.30. The third-order valence-electron chi connectivity index (χ3n) is 5.79. The molecule has 1 saturated heterocycles. The quantitative estimate of drug-likeness (QED) is 0.643. The van der Waals surface area contributed by atoms with Gasteiger partial charge < -0.3 is 15.5 Å². The normalized spacial score (nSPS) is 22.1. The highest BCUT2D eigenvalue weighted by atomic mass is 16.2. The van der Waals surface area contributed by atoms with E-state index in [-0.39, 0.29) is 28.6 Å². The van der Waals surface area contributed by atoms with Crippen molar-refractivity contribution in [3.63, 3.8) is 0 Å². The summed E-state index contributed by atoms with van der Waals surface area (Å²) >= 11 is 0. The molecule has 0 bridgehead atoms. The lowest BCUT2D eigenvalue weighted by atomic mass is 9.77. The molecule has 2 aliphatic heterocycles. The molecule has 0 saturated carbocycles. The Kier molecular flexibility index (Phi) is 5.05. The summed E-state index contributed by atoms with van der Waals surface area (Å²) in [4.78, 5) is 17.2. The smallest absolute Gasteiger partial charge is 0.270 e. The van der Waals surface area contributed by atoms with Gasteiger partial charge in [-0.15, -0.1) is 0 Å². The highest BCUT2D eigenvalue weighted by Gasteiger charge is 2.43. The van der Waals surface area contributed by atoms with Crippen LogP contribution in [0.15, 0.2) is 36.0 Å². The molecule has 1 aromatic rings. The van der Waals surface area contributed by atoms with Crippen LogP contribution in [0.2, 0.25) is 0 Å². The molecule has 0 spiro atoms. The lowest BCUT2D eigenvalue weighted by molar-refractivity contribution is -0.115. The fourth-order valence-electron chi connectivity index (χ4n) is 4.87. The summed E-state index contributed by atoms with van der Waals surface area (Å²) in [7, 11) is 0. The van der Waals surface area contributed by atoms with Gasteiger partial charge in [-0.2, -0.15) is 5.26 Å². The first-order chi connectivity index (χ1) is 12.7. The van der Waals surface area contributed by atoms with Crippen molar-refractivity contribution in [3.8, 4) is 6.07 Å². The summed E-state index contributed by atoms with van der Waals surface area (Å²) in [6.45, 7) is 9.15. The van der Waals surface area contributed by atoms with Crippen molar-refractivity contribution in [1.82, 2.24) is 4.90 Å². The lowest BCUT2D eigenvalue weighted by Crippen LogP contribution is -2.61. The second kappa shape index (κ2) is 7.01. The molecule has 5 nitrogen and oxygen atoms in total. The van der Waals surface area contributed by atoms with E-state index in [1.807, 2.05) is 18.2 Å². The molecule has 2 N–H and O–H groups in total. The van der Waals surface area contributed by atoms with Gasteiger partial charge in [0.1, 0.15) is 11.6 Å². The minimum Gasteiger partial charge on any atom is -0.366 e. The van der Waals surface area contributed by atoms with E-state index in [1.54, 1.807) is 11.1 Å². The minimum atomic E-state index is -0.219. The number of amides is 1. The molecular formula is C22H30N4O. The number of fused-ring (bicyclic) bond motifs is 1. The Morgan fingerprint density at radius 2 is 1.85 bits per heavy atom. The molecule has 2 heterocycles. The molecule has 0 aromatic heterocycles. The zero-order chi connectivity index (χ0) is 19.8. The standard InChI is InChI=1S/C22H30N4O/c1-21(2)12-18(24)13-22(3,4)26(21)15-17(14-23)20(27)25-11-7-9-16-8-5-6-10-19(16)25/h5-6,8,10,15,18H,7,9,11-13,24H2,1-4H3/b17-15-. The maximum Gasteiger partial charge on any atom is 0.270 e. The van der Waals surface area contributed by atoms with Gasteiger partial charge in [0.15, 0.2) is 0 Å². The van der Waals surface area contributed by atoms with E-state index in [0.29, 0.717) is 6.54 Å². The monoisotopic (exact) mass is 366 g/mol. The number of piperidine rings is 1. The topological polar surface area (TPSA) is 73.4 Å². The fraction of sp³-hybridized carbons (Fsp3) is 0.545. The van der Waals surface area contributed by atoms with Crippen LogP contribution >= 0.6 is 0 Å². The molecule has 5 heteroatoms. The van der Waals surface area contributed by atoms with E-state index in [1.165, 1.54) is 5.56 Å². The van der Waals surface area contributed by atoms with Gasteiger partial charge in [0.2, 0.25) is 0 Å². The van der Waals surface area contributed by atoms with E-state index in [0.717, 1.165) is 31.4 Å². The van der Waals surface area contributed by atoms with E-state index in [4.69, 9.17) is 5.73 Å². The van der Waals surface area contributed by atoms with Crippen LogP contribution in [0.25, 0.3) is 0 Å². The van der Waals surface area contributed by atoms with Gasteiger partial charge in [-0.3, -0.25) is 4.79 Å². The van der Waals surface area contributed by atoms with Gasteiger partial charge in [-0.1, -0.05) is 18.2 Å². The lowest BCUT2D eigenvalue weighted by Gasteiger charge is -2.54. The van der Waals surface area contributed by atoms with Crippen molar-refractivity contribution >= 4 is 11.6 Å². The molecule has 1 fully saturated rings. The van der Waals surface area contributed by atoms with Gasteiger partial charge in [0, 0.05) is 35.6 Å². The molecule has 3 rings (SSSR count). The highest BCUT2D eigenvalue weighted by Crippen LogP contribution is 2.38. The molecular weight excluding hydrogens is 336 g/mol. The number of nitriles is 1. The number of para-hydroxylation sites is 1. The van der Waals surface area contributed by atoms with Crippen molar-refractivity contribution in [1.29, 1.82) is 5.26 Å². The van der Waals surface area contributed by atoms with Crippen LogP contribution in [-0.4, -0.2) is 34.5 Å². The van der Waals surface area contributed by atoms with Gasteiger partial charge in [0.05, 0.1) is 0 Å². The van der Waals surface area contributed by atoms with Crippen LogP contribution < -0.4 is 10.6 Å². The van der Waals surface area contributed by atoms with Crippen LogP contribution in [-0.2, 0) is 11.2 Å². The number of nitrogens with two attached hydrogens (primary N) is 1. The maximum absolute atomic E-state index is 13.2. The number of benzene rings is 1. The van der Waals surface area contributed by atoms with Gasteiger partial charge >= 0.3 is 0 Å². The molecule has 0 unspecified atom stereocenters. The summed E-state index contributed by atoms with van der Waals surface area (Å²) < 4.78 is 0. The maximum atomic E-state index is 13.2. The highest BCUT2D eigenvalue weighted by molar-refractivity contribution is 6.08. The number of hydrogen-bond acceptors (Lipinski definition) is 4. The largest absolute Gasteiger partial charge is 0.366 e. The molecule has 0 atom stereocenters. The molecule has 1 amide bonds. The van der Waals surface area contributed by atoms with Crippen LogP contribution in [0.3, 0.4) is 0 Å². The first kappa shape index (κ1) is 19.4. The molecule has 0 aliphatic carbocycles. The van der Waals surface area contributed by atoms with Gasteiger partial charge in [0.25, 0.3) is 5.91 Å². The number of carbonyl (C=O) groups is 1. The zero-order valence-corrected chi connectivity index (χ0v) is 16.8. The number of hydrogen-bond donors (Lipinski definition) is 1. The molecule has 2 aliphatic rings. The number of rotatable bonds is 2. The van der Waals surface area contributed by atoms with Crippen molar-refractivity contribution in [2.45, 2.75) is 70.5 Å². The van der Waals surface area contributed by atoms with Gasteiger partial charge in [-0.05, 0) is 65.0 Å². The summed E-state index contributed by atoms with van der Waals surface area (Å²) in [6, 6.07) is 10.2. The Labute approximate surface area is 162 Å². The summed E-state index contributed by atoms with van der Waals surface area (Å²) in [5.41, 5.74) is 8.09. The predicted molar refractivity (Wildman–Crippen MR) is 108 cm³/mol. The third kappa shape index (κ3) is 3.72. The van der Waals surface area contributed by atoms with Crippen molar-refractivity contribution in [3.05, 3.63) is 41.6 Å². The minimum absolute atomic E-state index is 0.120. The Morgan fingerprint density at radius 1 is 1.22 bits per heavy atom. The Hall–Kier alpha value is -2.32. The third-order valence-corrected chi connectivity index (χ3v) is 5.79. The summed E-state index contributed by atoms with van der Waals surface area (Å²) in [5, 5.41) is 9.78. The van der Waals surface area contributed by atoms with Crippen molar-refractivity contribution < 1.29 is 4.79 Å². The molecule has 27 heavy (non-hydrogen) atoms. The number of nitrogens with zero attached hydrogens (tertiary/aromatic N) is 3. The Balaban J connectivity index is 1.95. The van der Waals surface area contributed by atoms with E-state index in [2.05, 4.69) is 44.7 Å². The van der Waals surface area contributed by atoms with Crippen molar-refractivity contribution in [2.24, 2.45) is 5.73 Å². The van der Waals surface area contributed by atoms with Crippen LogP contribution in [0, 0.1) is 11.3 Å².